The lowest BCUT2D eigenvalue weighted by atomic mass is 10.0. The topological polar surface area (TPSA) is 47.6 Å². The summed E-state index contributed by atoms with van der Waals surface area (Å²) in [4.78, 5) is 12.2. The molecule has 0 atom stereocenters. The van der Waals surface area contributed by atoms with E-state index in [9.17, 15) is 4.79 Å². The molecule has 28 heavy (non-hydrogen) atoms. The van der Waals surface area contributed by atoms with Gasteiger partial charge < -0.3 is 14.8 Å². The number of anilines is 1. The fraction of sp³-hybridized carbons (Fsp3) is 0.208. The quantitative estimate of drug-likeness (QED) is 0.573. The second kappa shape index (κ2) is 9.60. The van der Waals surface area contributed by atoms with E-state index in [4.69, 9.17) is 9.47 Å². The Kier molecular flexibility index (Phi) is 6.68. The summed E-state index contributed by atoms with van der Waals surface area (Å²) < 4.78 is 11.3. The number of rotatable bonds is 8. The van der Waals surface area contributed by atoms with Crippen molar-refractivity contribution in [2.24, 2.45) is 0 Å². The predicted octanol–water partition coefficient (Wildman–Crippen LogP) is 5.41. The third kappa shape index (κ3) is 5.61. The highest BCUT2D eigenvalue weighted by atomic mass is 16.5. The predicted molar refractivity (Wildman–Crippen MR) is 112 cm³/mol. The number of carbonyl (C=O) groups is 1. The van der Waals surface area contributed by atoms with Crippen LogP contribution >= 0.6 is 0 Å². The molecule has 0 bridgehead atoms. The van der Waals surface area contributed by atoms with Crippen LogP contribution in [0.1, 0.15) is 30.9 Å². The first-order valence-electron chi connectivity index (χ1n) is 9.40. The zero-order valence-corrected chi connectivity index (χ0v) is 16.2. The number of para-hydroxylation sites is 1. The van der Waals surface area contributed by atoms with Gasteiger partial charge in [-0.15, -0.1) is 0 Å². The molecule has 4 heteroatoms. The fourth-order valence-electron chi connectivity index (χ4n) is 2.82. The Morgan fingerprint density at radius 3 is 2.11 bits per heavy atom. The van der Waals surface area contributed by atoms with E-state index in [-0.39, 0.29) is 12.5 Å². The lowest BCUT2D eigenvalue weighted by molar-refractivity contribution is -0.118. The summed E-state index contributed by atoms with van der Waals surface area (Å²) in [5.41, 5.74) is 3.05. The molecule has 3 aromatic carbocycles. The highest BCUT2D eigenvalue weighted by molar-refractivity contribution is 5.92. The molecule has 0 radical (unpaired) electrons. The van der Waals surface area contributed by atoms with Gasteiger partial charge in [0.1, 0.15) is 18.1 Å². The Hall–Kier alpha value is -3.27. The van der Waals surface area contributed by atoms with Gasteiger partial charge in [-0.1, -0.05) is 62.4 Å². The summed E-state index contributed by atoms with van der Waals surface area (Å²) in [6, 6.07) is 25.1. The number of hydrogen-bond acceptors (Lipinski definition) is 3. The maximum Gasteiger partial charge on any atom is 0.262 e. The lowest BCUT2D eigenvalue weighted by Crippen LogP contribution is -2.21. The van der Waals surface area contributed by atoms with Crippen molar-refractivity contribution in [3.8, 4) is 11.5 Å². The molecule has 1 amide bonds. The molecule has 144 valence electrons. The molecule has 1 N–H and O–H groups in total. The minimum absolute atomic E-state index is 0.0450. The molecule has 0 saturated heterocycles. The zero-order valence-electron chi connectivity index (χ0n) is 16.2. The molecule has 0 heterocycles. The molecule has 4 nitrogen and oxygen atoms in total. The summed E-state index contributed by atoms with van der Waals surface area (Å²) in [5, 5.41) is 2.92. The second-order valence-electron chi connectivity index (χ2n) is 6.82. The maximum atomic E-state index is 12.2. The Morgan fingerprint density at radius 1 is 0.821 bits per heavy atom. The van der Waals surface area contributed by atoms with E-state index < -0.39 is 0 Å². The van der Waals surface area contributed by atoms with Crippen molar-refractivity contribution >= 4 is 11.6 Å². The monoisotopic (exact) mass is 375 g/mol. The molecule has 0 aliphatic rings. The Bertz CT molecular complexity index is 889. The highest BCUT2D eigenvalue weighted by Crippen LogP contribution is 2.24. The van der Waals surface area contributed by atoms with Crippen LogP contribution in [0.4, 0.5) is 5.69 Å². The van der Waals surface area contributed by atoms with Crippen molar-refractivity contribution in [2.45, 2.75) is 26.4 Å². The first kappa shape index (κ1) is 19.5. The van der Waals surface area contributed by atoms with E-state index in [1.54, 1.807) is 12.1 Å². The van der Waals surface area contributed by atoms with E-state index in [1.165, 1.54) is 0 Å². The summed E-state index contributed by atoms with van der Waals surface area (Å²) in [5.74, 6) is 1.53. The van der Waals surface area contributed by atoms with Gasteiger partial charge in [-0.2, -0.15) is 0 Å². The summed E-state index contributed by atoms with van der Waals surface area (Å²) >= 11 is 0. The van der Waals surface area contributed by atoms with Crippen molar-refractivity contribution in [2.75, 3.05) is 11.9 Å². The summed E-state index contributed by atoms with van der Waals surface area (Å²) in [6.07, 6.45) is 0. The zero-order chi connectivity index (χ0) is 19.8. The smallest absolute Gasteiger partial charge is 0.262 e. The first-order chi connectivity index (χ1) is 13.6. The van der Waals surface area contributed by atoms with Crippen molar-refractivity contribution in [3.63, 3.8) is 0 Å². The van der Waals surface area contributed by atoms with Crippen LogP contribution in [0, 0.1) is 0 Å². The molecule has 0 fully saturated rings. The average Bonchev–Trinajstić information content (AvgIpc) is 2.72. The number of carbonyl (C=O) groups excluding carboxylic acids is 1. The van der Waals surface area contributed by atoms with Crippen molar-refractivity contribution in [1.82, 2.24) is 0 Å². The minimum atomic E-state index is -0.183. The van der Waals surface area contributed by atoms with Crippen LogP contribution in [0.15, 0.2) is 78.9 Å². The third-order valence-electron chi connectivity index (χ3n) is 4.30. The van der Waals surface area contributed by atoms with Gasteiger partial charge in [-0.05, 0) is 47.4 Å². The van der Waals surface area contributed by atoms with Crippen LogP contribution in [0.25, 0.3) is 0 Å². The minimum Gasteiger partial charge on any atom is -0.489 e. The van der Waals surface area contributed by atoms with Crippen molar-refractivity contribution in [1.29, 1.82) is 0 Å². The molecule has 0 aliphatic heterocycles. The molecule has 0 aromatic heterocycles. The van der Waals surface area contributed by atoms with Crippen LogP contribution in [0.5, 0.6) is 11.5 Å². The first-order valence-corrected chi connectivity index (χ1v) is 9.40. The number of nitrogens with one attached hydrogen (secondary N) is 1. The van der Waals surface area contributed by atoms with Crippen LogP contribution in [0.3, 0.4) is 0 Å². The number of amides is 1. The Morgan fingerprint density at radius 2 is 1.43 bits per heavy atom. The number of benzene rings is 3. The average molecular weight is 375 g/mol. The lowest BCUT2D eigenvalue weighted by Gasteiger charge is -2.14. The van der Waals surface area contributed by atoms with Gasteiger partial charge in [-0.25, -0.2) is 0 Å². The summed E-state index contributed by atoms with van der Waals surface area (Å²) in [6.45, 7) is 4.67. The third-order valence-corrected chi connectivity index (χ3v) is 4.30. The van der Waals surface area contributed by atoms with Crippen LogP contribution in [0.2, 0.25) is 0 Å². The van der Waals surface area contributed by atoms with Gasteiger partial charge >= 0.3 is 0 Å². The maximum absolute atomic E-state index is 12.2. The molecule has 0 unspecified atom stereocenters. The van der Waals surface area contributed by atoms with Gasteiger partial charge in [-0.3, -0.25) is 4.79 Å². The van der Waals surface area contributed by atoms with E-state index in [0.717, 1.165) is 22.6 Å². The van der Waals surface area contributed by atoms with E-state index in [0.29, 0.717) is 18.3 Å². The molecule has 3 aromatic rings. The van der Waals surface area contributed by atoms with E-state index in [1.807, 2.05) is 66.7 Å². The van der Waals surface area contributed by atoms with Gasteiger partial charge in [0, 0.05) is 5.69 Å². The standard InChI is InChI=1S/C24H25NO3/c1-18(2)22-10-6-7-11-23(22)25-24(26)17-28-21-14-12-20(13-15-21)27-16-19-8-4-3-5-9-19/h3-15,18H,16-17H2,1-2H3,(H,25,26). The van der Waals surface area contributed by atoms with Crippen LogP contribution in [-0.4, -0.2) is 12.5 Å². The number of ether oxygens (including phenoxy) is 2. The normalized spacial score (nSPS) is 10.5. The SMILES string of the molecule is CC(C)c1ccccc1NC(=O)COc1ccc(OCc2ccccc2)cc1. The molecule has 0 saturated carbocycles. The van der Waals surface area contributed by atoms with Gasteiger partial charge in [0.15, 0.2) is 6.61 Å². The van der Waals surface area contributed by atoms with Crippen LogP contribution < -0.4 is 14.8 Å². The molecule has 0 spiro atoms. The molecule has 0 aliphatic carbocycles. The van der Waals surface area contributed by atoms with Gasteiger partial charge in [0.2, 0.25) is 0 Å². The van der Waals surface area contributed by atoms with Gasteiger partial charge in [0.25, 0.3) is 5.91 Å². The van der Waals surface area contributed by atoms with E-state index >= 15 is 0 Å². The van der Waals surface area contributed by atoms with Crippen molar-refractivity contribution in [3.05, 3.63) is 90.0 Å². The largest absolute Gasteiger partial charge is 0.489 e. The Labute approximate surface area is 166 Å². The molecule has 3 rings (SSSR count). The van der Waals surface area contributed by atoms with Crippen molar-refractivity contribution < 1.29 is 14.3 Å². The van der Waals surface area contributed by atoms with E-state index in [2.05, 4.69) is 19.2 Å². The Balaban J connectivity index is 1.49. The number of hydrogen-bond donors (Lipinski definition) is 1. The molecular formula is C24H25NO3. The fourth-order valence-corrected chi connectivity index (χ4v) is 2.82. The second-order valence-corrected chi connectivity index (χ2v) is 6.82. The summed E-state index contributed by atoms with van der Waals surface area (Å²) in [7, 11) is 0. The van der Waals surface area contributed by atoms with Crippen LogP contribution in [-0.2, 0) is 11.4 Å². The highest BCUT2D eigenvalue weighted by Gasteiger charge is 2.09. The van der Waals surface area contributed by atoms with Gasteiger partial charge in [0.05, 0.1) is 0 Å². The molecular weight excluding hydrogens is 350 g/mol.